The van der Waals surface area contributed by atoms with Crippen molar-refractivity contribution in [1.29, 1.82) is 0 Å². The van der Waals surface area contributed by atoms with Gasteiger partial charge in [-0.2, -0.15) is 0 Å². The number of pyridine rings is 1. The first-order valence-electron chi connectivity index (χ1n) is 7.49. The molecule has 5 heteroatoms. The van der Waals surface area contributed by atoms with Crippen molar-refractivity contribution in [3.8, 4) is 0 Å². The molecule has 0 saturated carbocycles. The maximum absolute atomic E-state index is 12.3. The van der Waals surface area contributed by atoms with Crippen molar-refractivity contribution in [2.75, 3.05) is 23.4 Å². The molecule has 114 valence electrons. The highest BCUT2D eigenvalue weighted by molar-refractivity contribution is 6.03. The maximum Gasteiger partial charge on any atom is 0.274 e. The van der Waals surface area contributed by atoms with Gasteiger partial charge in [0.15, 0.2) is 0 Å². The summed E-state index contributed by atoms with van der Waals surface area (Å²) in [5.41, 5.74) is 1.12. The van der Waals surface area contributed by atoms with E-state index >= 15 is 0 Å². The van der Waals surface area contributed by atoms with Crippen molar-refractivity contribution in [3.05, 3.63) is 54.2 Å². The first-order valence-corrected chi connectivity index (χ1v) is 7.49. The summed E-state index contributed by atoms with van der Waals surface area (Å²) < 4.78 is 0. The van der Waals surface area contributed by atoms with Gasteiger partial charge in [-0.15, -0.1) is 0 Å². The molecular formula is C17H19N3O2. The largest absolute Gasteiger partial charge is 0.394 e. The number of aliphatic hydroxyl groups excluding tert-OH is 1. The van der Waals surface area contributed by atoms with E-state index < -0.39 is 0 Å². The first kappa shape index (κ1) is 14.5. The van der Waals surface area contributed by atoms with Gasteiger partial charge in [-0.05, 0) is 37.1 Å². The zero-order chi connectivity index (χ0) is 15.4. The van der Waals surface area contributed by atoms with Crippen molar-refractivity contribution in [3.63, 3.8) is 0 Å². The molecule has 3 rings (SSSR count). The number of nitrogens with zero attached hydrogens (tertiary/aromatic N) is 2. The van der Waals surface area contributed by atoms with Crippen LogP contribution in [0.2, 0.25) is 0 Å². The van der Waals surface area contributed by atoms with Crippen molar-refractivity contribution >= 4 is 17.4 Å². The van der Waals surface area contributed by atoms with Crippen molar-refractivity contribution in [1.82, 2.24) is 4.98 Å². The van der Waals surface area contributed by atoms with Crippen LogP contribution in [0, 0.1) is 0 Å². The minimum absolute atomic E-state index is 0.0972. The number of para-hydroxylation sites is 1. The molecule has 2 aromatic rings. The number of carbonyl (C=O) groups excluding carboxylic acids is 1. The summed E-state index contributed by atoms with van der Waals surface area (Å²) in [7, 11) is 0. The normalized spacial score (nSPS) is 17.5. The molecule has 1 fully saturated rings. The standard InChI is InChI=1S/C17H19N3O2/c21-12-14-8-5-11-20(14)16-10-4-9-15(19-16)17(22)18-13-6-2-1-3-7-13/h1-4,6-7,9-10,14,21H,5,8,11-12H2,(H,18,22). The van der Waals surface area contributed by atoms with E-state index in [1.807, 2.05) is 42.5 Å². The summed E-state index contributed by atoms with van der Waals surface area (Å²) in [5, 5.41) is 12.3. The molecule has 1 aliphatic rings. The molecule has 0 spiro atoms. The lowest BCUT2D eigenvalue weighted by Crippen LogP contribution is -2.33. The average molecular weight is 297 g/mol. The van der Waals surface area contributed by atoms with E-state index in [1.54, 1.807) is 6.07 Å². The summed E-state index contributed by atoms with van der Waals surface area (Å²) >= 11 is 0. The highest BCUT2D eigenvalue weighted by Gasteiger charge is 2.25. The van der Waals surface area contributed by atoms with Crippen LogP contribution in [0.5, 0.6) is 0 Å². The highest BCUT2D eigenvalue weighted by atomic mass is 16.3. The number of nitrogens with one attached hydrogen (secondary N) is 1. The monoisotopic (exact) mass is 297 g/mol. The van der Waals surface area contributed by atoms with E-state index in [1.165, 1.54) is 0 Å². The summed E-state index contributed by atoms with van der Waals surface area (Å²) in [4.78, 5) is 18.8. The Morgan fingerprint density at radius 3 is 2.82 bits per heavy atom. The summed E-state index contributed by atoms with van der Waals surface area (Å²) in [6.07, 6.45) is 1.99. The molecule has 1 aromatic heterocycles. The Balaban J connectivity index is 1.77. The number of aliphatic hydroxyl groups is 1. The number of anilines is 2. The third kappa shape index (κ3) is 3.09. The summed E-state index contributed by atoms with van der Waals surface area (Å²) in [6.45, 7) is 0.976. The van der Waals surface area contributed by atoms with Crippen LogP contribution in [0.3, 0.4) is 0 Å². The lowest BCUT2D eigenvalue weighted by atomic mass is 10.2. The number of carbonyl (C=O) groups is 1. The van der Waals surface area contributed by atoms with Gasteiger partial charge in [0.2, 0.25) is 0 Å². The van der Waals surface area contributed by atoms with E-state index in [9.17, 15) is 9.90 Å². The number of hydrogen-bond acceptors (Lipinski definition) is 4. The zero-order valence-electron chi connectivity index (χ0n) is 12.3. The topological polar surface area (TPSA) is 65.5 Å². The second kappa shape index (κ2) is 6.58. The van der Waals surface area contributed by atoms with E-state index in [0.717, 1.165) is 30.9 Å². The van der Waals surface area contributed by atoms with Crippen molar-refractivity contribution in [2.45, 2.75) is 18.9 Å². The fourth-order valence-electron chi connectivity index (χ4n) is 2.75. The quantitative estimate of drug-likeness (QED) is 0.909. The second-order valence-electron chi connectivity index (χ2n) is 5.37. The summed E-state index contributed by atoms with van der Waals surface area (Å²) in [6, 6.07) is 14.8. The predicted octanol–water partition coefficient (Wildman–Crippen LogP) is 2.30. The van der Waals surface area contributed by atoms with E-state index in [-0.39, 0.29) is 18.6 Å². The Hall–Kier alpha value is -2.40. The van der Waals surface area contributed by atoms with Crippen LogP contribution in [-0.2, 0) is 0 Å². The molecule has 5 nitrogen and oxygen atoms in total. The molecule has 2 N–H and O–H groups in total. The number of benzene rings is 1. The highest BCUT2D eigenvalue weighted by Crippen LogP contribution is 2.23. The van der Waals surface area contributed by atoms with Crippen molar-refractivity contribution in [2.24, 2.45) is 0 Å². The van der Waals surface area contributed by atoms with Gasteiger partial charge in [-0.25, -0.2) is 4.98 Å². The number of amides is 1. The molecule has 1 saturated heterocycles. The molecule has 0 bridgehead atoms. The molecule has 1 aromatic carbocycles. The minimum Gasteiger partial charge on any atom is -0.394 e. The van der Waals surface area contributed by atoms with E-state index in [2.05, 4.69) is 15.2 Å². The second-order valence-corrected chi connectivity index (χ2v) is 5.37. The SMILES string of the molecule is O=C(Nc1ccccc1)c1cccc(N2CCCC2CO)n1. The maximum atomic E-state index is 12.3. The van der Waals surface area contributed by atoms with Gasteiger partial charge < -0.3 is 15.3 Å². The van der Waals surface area contributed by atoms with Crippen LogP contribution in [0.1, 0.15) is 23.3 Å². The fraction of sp³-hybridized carbons (Fsp3) is 0.294. The molecular weight excluding hydrogens is 278 g/mol. The molecule has 1 aliphatic heterocycles. The Kier molecular flexibility index (Phi) is 4.34. The Morgan fingerprint density at radius 2 is 2.05 bits per heavy atom. The summed E-state index contributed by atoms with van der Waals surface area (Å²) in [5.74, 6) is 0.519. The van der Waals surface area contributed by atoms with E-state index in [4.69, 9.17) is 0 Å². The average Bonchev–Trinajstić information content (AvgIpc) is 3.04. The van der Waals surface area contributed by atoms with Crippen LogP contribution in [-0.4, -0.2) is 35.2 Å². The number of rotatable bonds is 4. The van der Waals surface area contributed by atoms with Crippen LogP contribution in [0.25, 0.3) is 0 Å². The molecule has 2 heterocycles. The van der Waals surface area contributed by atoms with Crippen LogP contribution in [0.15, 0.2) is 48.5 Å². The third-order valence-electron chi connectivity index (χ3n) is 3.88. The Labute approximate surface area is 129 Å². The Morgan fingerprint density at radius 1 is 1.23 bits per heavy atom. The lowest BCUT2D eigenvalue weighted by molar-refractivity contribution is 0.102. The number of hydrogen-bond donors (Lipinski definition) is 2. The van der Waals surface area contributed by atoms with Gasteiger partial charge in [0.1, 0.15) is 11.5 Å². The van der Waals surface area contributed by atoms with E-state index in [0.29, 0.717) is 5.69 Å². The van der Waals surface area contributed by atoms with Crippen LogP contribution in [0.4, 0.5) is 11.5 Å². The third-order valence-corrected chi connectivity index (χ3v) is 3.88. The molecule has 0 radical (unpaired) electrons. The molecule has 22 heavy (non-hydrogen) atoms. The zero-order valence-corrected chi connectivity index (χ0v) is 12.3. The fourth-order valence-corrected chi connectivity index (χ4v) is 2.75. The van der Waals surface area contributed by atoms with Crippen LogP contribution < -0.4 is 10.2 Å². The molecule has 0 aliphatic carbocycles. The minimum atomic E-state index is -0.229. The lowest BCUT2D eigenvalue weighted by Gasteiger charge is -2.24. The first-order chi connectivity index (χ1) is 10.8. The molecule has 1 unspecified atom stereocenters. The van der Waals surface area contributed by atoms with Crippen LogP contribution >= 0.6 is 0 Å². The number of aromatic nitrogens is 1. The molecule has 1 atom stereocenters. The van der Waals surface area contributed by atoms with Gasteiger partial charge in [-0.3, -0.25) is 4.79 Å². The Bertz CT molecular complexity index is 645. The van der Waals surface area contributed by atoms with Gasteiger partial charge in [0, 0.05) is 12.2 Å². The molecule has 1 amide bonds. The van der Waals surface area contributed by atoms with Gasteiger partial charge in [0.25, 0.3) is 5.91 Å². The van der Waals surface area contributed by atoms with Crippen molar-refractivity contribution < 1.29 is 9.90 Å². The predicted molar refractivity (Wildman–Crippen MR) is 86.1 cm³/mol. The van der Waals surface area contributed by atoms with Gasteiger partial charge >= 0.3 is 0 Å². The van der Waals surface area contributed by atoms with Gasteiger partial charge in [0.05, 0.1) is 12.6 Å². The van der Waals surface area contributed by atoms with Gasteiger partial charge in [-0.1, -0.05) is 24.3 Å². The smallest absolute Gasteiger partial charge is 0.274 e.